The summed E-state index contributed by atoms with van der Waals surface area (Å²) < 4.78 is 0. The van der Waals surface area contributed by atoms with Crippen LogP contribution in [-0.2, 0) is 0 Å². The Bertz CT molecular complexity index is 125. The molecule has 0 unspecified atom stereocenters. The van der Waals surface area contributed by atoms with E-state index in [-0.39, 0.29) is 8.80 Å². The second kappa shape index (κ2) is 3.80. The fraction of sp³-hybridized carbons (Fsp3) is 1.00. The quantitative estimate of drug-likeness (QED) is 0.630. The summed E-state index contributed by atoms with van der Waals surface area (Å²) in [6, 6.07) is 0. The minimum atomic E-state index is -0.878. The highest BCUT2D eigenvalue weighted by Crippen LogP contribution is 2.34. The van der Waals surface area contributed by atoms with Crippen molar-refractivity contribution in [3.05, 3.63) is 0 Å². The van der Waals surface area contributed by atoms with Crippen molar-refractivity contribution in [3.63, 3.8) is 0 Å². The lowest BCUT2D eigenvalue weighted by Crippen LogP contribution is -2.49. The van der Waals surface area contributed by atoms with Gasteiger partial charge in [-0.15, -0.1) is 0 Å². The van der Waals surface area contributed by atoms with E-state index in [1.54, 1.807) is 0 Å². The second-order valence-electron chi connectivity index (χ2n) is 6.24. The lowest BCUT2D eigenvalue weighted by Gasteiger charge is -2.49. The summed E-state index contributed by atoms with van der Waals surface area (Å²) in [7, 11) is -1.82. The molecule has 0 bridgehead atoms. The van der Waals surface area contributed by atoms with Crippen LogP contribution in [0, 0.1) is 0 Å². The summed E-state index contributed by atoms with van der Waals surface area (Å²) in [6.07, 6.45) is 0. The zero-order valence-electron chi connectivity index (χ0n) is 10.1. The molecular weight excluding hydrogens is 192 g/mol. The molecule has 0 fully saturated rings. The topological polar surface area (TPSA) is 0 Å². The van der Waals surface area contributed by atoms with E-state index in [0.717, 1.165) is 4.79 Å². The van der Waals surface area contributed by atoms with Crippen molar-refractivity contribution in [2.24, 2.45) is 0 Å². The van der Waals surface area contributed by atoms with Gasteiger partial charge in [-0.3, -0.25) is 8.80 Å². The van der Waals surface area contributed by atoms with Crippen LogP contribution in [0.25, 0.3) is 0 Å². The summed E-state index contributed by atoms with van der Waals surface area (Å²) in [6.45, 7) is 20.3. The Morgan fingerprint density at radius 3 is 1.00 bits per heavy atom. The molecule has 0 aliphatic rings. The van der Waals surface area contributed by atoms with Gasteiger partial charge in [-0.2, -0.15) is 17.9 Å². The lowest BCUT2D eigenvalue weighted by molar-refractivity contribution is 1.39. The van der Waals surface area contributed by atoms with Gasteiger partial charge in [0.2, 0.25) is 0 Å². The van der Waals surface area contributed by atoms with Crippen LogP contribution in [0.5, 0.6) is 0 Å². The van der Waals surface area contributed by atoms with Crippen molar-refractivity contribution in [1.29, 1.82) is 0 Å². The van der Waals surface area contributed by atoms with Gasteiger partial charge in [0, 0.05) is 16.1 Å². The van der Waals surface area contributed by atoms with E-state index in [0.29, 0.717) is 0 Å². The van der Waals surface area contributed by atoms with Crippen LogP contribution in [-0.4, -0.2) is 24.9 Å². The maximum absolute atomic E-state index is 2.55. The minimum Gasteiger partial charge on any atom is -0.270 e. The van der Waals surface area contributed by atoms with E-state index < -0.39 is 16.1 Å². The Morgan fingerprint density at radius 1 is 0.750 bits per heavy atom. The maximum atomic E-state index is 2.55. The SMILES string of the molecule is C[Si-](C)C([Si](C)(C)C)[Si](C)(C)C. The molecule has 0 aromatic carbocycles. The van der Waals surface area contributed by atoms with Crippen molar-refractivity contribution in [1.82, 2.24) is 0 Å². The zero-order valence-corrected chi connectivity index (χ0v) is 13.1. The first-order valence-corrected chi connectivity index (χ1v) is 14.6. The first kappa shape index (κ1) is 12.7. The molecule has 0 amide bonds. The van der Waals surface area contributed by atoms with Crippen molar-refractivity contribution >= 4 is 24.9 Å². The maximum Gasteiger partial charge on any atom is 0.0121 e. The molecule has 0 aliphatic heterocycles. The highest BCUT2D eigenvalue weighted by Gasteiger charge is 2.32. The van der Waals surface area contributed by atoms with Gasteiger partial charge in [0.05, 0.1) is 0 Å². The predicted octanol–water partition coefficient (Wildman–Crippen LogP) is 3.87. The Morgan fingerprint density at radius 2 is 1.00 bits per heavy atom. The Kier molecular flexibility index (Phi) is 4.01. The molecule has 0 heterocycles. The van der Waals surface area contributed by atoms with Gasteiger partial charge < -0.3 is 0 Å². The molecule has 12 heavy (non-hydrogen) atoms. The standard InChI is InChI=1S/C9H25Si3/c1-10(2)9(11(3,4)5)12(6,7)8/h9H,1-8H3/q-1. The summed E-state index contributed by atoms with van der Waals surface area (Å²) >= 11 is 0. The van der Waals surface area contributed by atoms with E-state index in [1.165, 1.54) is 0 Å². The monoisotopic (exact) mass is 217 g/mol. The third-order valence-corrected chi connectivity index (χ3v) is 20.8. The molecule has 0 saturated heterocycles. The average Bonchev–Trinajstić information content (AvgIpc) is 1.49. The van der Waals surface area contributed by atoms with Gasteiger partial charge >= 0.3 is 0 Å². The molecular formula is C9H25Si3-. The van der Waals surface area contributed by atoms with Crippen LogP contribution in [0.4, 0.5) is 0 Å². The van der Waals surface area contributed by atoms with E-state index in [1.807, 2.05) is 0 Å². The Balaban J connectivity index is 4.70. The summed E-state index contributed by atoms with van der Waals surface area (Å²) in [5.41, 5.74) is 0. The highest BCUT2D eigenvalue weighted by molar-refractivity contribution is 7.07. The average molecular weight is 218 g/mol. The van der Waals surface area contributed by atoms with Gasteiger partial charge in [-0.25, -0.2) is 0 Å². The van der Waals surface area contributed by atoms with Gasteiger partial charge in [0.25, 0.3) is 0 Å². The first-order chi connectivity index (χ1) is 5.07. The van der Waals surface area contributed by atoms with Gasteiger partial charge in [-0.1, -0.05) is 39.3 Å². The fourth-order valence-corrected chi connectivity index (χ4v) is 27.3. The van der Waals surface area contributed by atoms with Crippen LogP contribution in [0.2, 0.25) is 57.2 Å². The number of hydrogen-bond acceptors (Lipinski definition) is 0. The van der Waals surface area contributed by atoms with Crippen LogP contribution < -0.4 is 0 Å². The van der Waals surface area contributed by atoms with Crippen LogP contribution in [0.3, 0.4) is 0 Å². The normalized spacial score (nSPS) is 14.5. The first-order valence-electron chi connectivity index (χ1n) is 4.87. The predicted molar refractivity (Wildman–Crippen MR) is 67.9 cm³/mol. The van der Waals surface area contributed by atoms with Crippen LogP contribution in [0.15, 0.2) is 0 Å². The molecule has 0 nitrogen and oxygen atoms in total. The molecule has 0 aliphatic carbocycles. The molecule has 0 saturated carbocycles. The molecule has 0 spiro atoms. The van der Waals surface area contributed by atoms with Gasteiger partial charge in [0.1, 0.15) is 0 Å². The van der Waals surface area contributed by atoms with Crippen LogP contribution in [0.1, 0.15) is 0 Å². The second-order valence-corrected chi connectivity index (χ2v) is 21.3. The molecule has 3 heteroatoms. The lowest BCUT2D eigenvalue weighted by atomic mass is 11.7. The fourth-order valence-electron chi connectivity index (χ4n) is 3.03. The summed E-state index contributed by atoms with van der Waals surface area (Å²) in [4.78, 5) is 1.16. The van der Waals surface area contributed by atoms with Crippen molar-refractivity contribution in [2.45, 2.75) is 57.2 Å². The largest absolute Gasteiger partial charge is 0.270 e. The molecule has 0 atom stereocenters. The molecule has 74 valence electrons. The molecule has 0 aromatic rings. The zero-order chi connectivity index (χ0) is 10.2. The number of hydrogen-bond donors (Lipinski definition) is 0. The van der Waals surface area contributed by atoms with Crippen molar-refractivity contribution < 1.29 is 0 Å². The van der Waals surface area contributed by atoms with E-state index in [2.05, 4.69) is 52.4 Å². The number of rotatable bonds is 3. The molecule has 0 rings (SSSR count). The summed E-state index contributed by atoms with van der Waals surface area (Å²) in [5, 5.41) is 0. The highest BCUT2D eigenvalue weighted by atomic mass is 28.4. The molecule has 0 radical (unpaired) electrons. The smallest absolute Gasteiger partial charge is 0.0121 e. The minimum absolute atomic E-state index is 0.0643. The third-order valence-electron chi connectivity index (χ3n) is 2.31. The molecule has 0 aromatic heterocycles. The molecule has 0 N–H and O–H groups in total. The van der Waals surface area contributed by atoms with Crippen molar-refractivity contribution in [2.75, 3.05) is 0 Å². The van der Waals surface area contributed by atoms with E-state index in [9.17, 15) is 0 Å². The van der Waals surface area contributed by atoms with Gasteiger partial charge in [-0.05, 0) is 0 Å². The Labute approximate surface area is 82.4 Å². The van der Waals surface area contributed by atoms with Gasteiger partial charge in [0.15, 0.2) is 0 Å². The van der Waals surface area contributed by atoms with Crippen LogP contribution >= 0.6 is 0 Å². The van der Waals surface area contributed by atoms with Crippen molar-refractivity contribution in [3.8, 4) is 0 Å². The summed E-state index contributed by atoms with van der Waals surface area (Å²) in [5.74, 6) is 0. The third kappa shape index (κ3) is 3.58. The Hall–Kier alpha value is 0.651. The van der Waals surface area contributed by atoms with E-state index >= 15 is 0 Å². The van der Waals surface area contributed by atoms with E-state index in [4.69, 9.17) is 0 Å².